The van der Waals surface area contributed by atoms with Crippen molar-refractivity contribution < 1.29 is 13.2 Å². The average Bonchev–Trinajstić information content (AvgIpc) is 3.23. The van der Waals surface area contributed by atoms with E-state index in [0.29, 0.717) is 17.1 Å². The van der Waals surface area contributed by atoms with E-state index in [0.717, 1.165) is 10.6 Å². The Labute approximate surface area is 184 Å². The first kappa shape index (κ1) is 20.8. The van der Waals surface area contributed by atoms with Crippen molar-refractivity contribution in [1.29, 1.82) is 0 Å². The number of rotatable bonds is 7. The molecule has 3 aromatic carbocycles. The highest BCUT2D eigenvalue weighted by atomic mass is 32.2. The number of hydrogen-bond acceptors (Lipinski definition) is 5. The predicted octanol–water partition coefficient (Wildman–Crippen LogP) is 4.79. The second-order valence-corrected chi connectivity index (χ2v) is 9.27. The highest BCUT2D eigenvalue weighted by Crippen LogP contribution is 2.24. The zero-order valence-corrected chi connectivity index (χ0v) is 18.0. The fourth-order valence-electron chi connectivity index (χ4n) is 2.95. The minimum atomic E-state index is -3.70. The summed E-state index contributed by atoms with van der Waals surface area (Å²) in [5, 5.41) is 5.53. The van der Waals surface area contributed by atoms with Crippen molar-refractivity contribution >= 4 is 38.6 Å². The van der Waals surface area contributed by atoms with Gasteiger partial charge in [0.1, 0.15) is 5.01 Å². The van der Waals surface area contributed by atoms with E-state index in [-0.39, 0.29) is 17.2 Å². The third-order valence-electron chi connectivity index (χ3n) is 4.37. The van der Waals surface area contributed by atoms with Gasteiger partial charge >= 0.3 is 0 Å². The molecule has 0 saturated heterocycles. The minimum Gasteiger partial charge on any atom is -0.326 e. The van der Waals surface area contributed by atoms with Crippen molar-refractivity contribution in [2.75, 3.05) is 10.0 Å². The van der Waals surface area contributed by atoms with E-state index < -0.39 is 10.0 Å². The molecular formula is C23H19N3O3S2. The third-order valence-corrected chi connectivity index (χ3v) is 6.70. The largest absolute Gasteiger partial charge is 0.326 e. The van der Waals surface area contributed by atoms with E-state index in [4.69, 9.17) is 0 Å². The molecule has 1 heterocycles. The molecule has 0 aliphatic carbocycles. The van der Waals surface area contributed by atoms with Crippen molar-refractivity contribution in [3.63, 3.8) is 0 Å². The van der Waals surface area contributed by atoms with Gasteiger partial charge in [-0.25, -0.2) is 13.4 Å². The Balaban J connectivity index is 1.41. The number of amides is 1. The topological polar surface area (TPSA) is 88.2 Å². The van der Waals surface area contributed by atoms with Crippen molar-refractivity contribution in [3.05, 3.63) is 96.0 Å². The van der Waals surface area contributed by atoms with Gasteiger partial charge in [-0.3, -0.25) is 9.52 Å². The molecule has 4 aromatic rings. The Hall–Kier alpha value is -3.49. The summed E-state index contributed by atoms with van der Waals surface area (Å²) in [6.45, 7) is 0. The van der Waals surface area contributed by atoms with Crippen molar-refractivity contribution in [2.24, 2.45) is 0 Å². The maximum Gasteiger partial charge on any atom is 0.261 e. The average molecular weight is 450 g/mol. The van der Waals surface area contributed by atoms with Crippen LogP contribution in [0.2, 0.25) is 0 Å². The first-order chi connectivity index (χ1) is 15.0. The van der Waals surface area contributed by atoms with Gasteiger partial charge < -0.3 is 5.32 Å². The van der Waals surface area contributed by atoms with E-state index >= 15 is 0 Å². The fourth-order valence-corrected chi connectivity index (χ4v) is 4.84. The molecule has 0 spiro atoms. The van der Waals surface area contributed by atoms with Crippen LogP contribution in [-0.2, 0) is 21.2 Å². The first-order valence-electron chi connectivity index (χ1n) is 9.47. The number of sulfonamides is 1. The first-order valence-corrected chi connectivity index (χ1v) is 11.8. The molecule has 6 nitrogen and oxygen atoms in total. The molecule has 0 saturated carbocycles. The molecule has 0 aliphatic heterocycles. The van der Waals surface area contributed by atoms with Gasteiger partial charge in [-0.1, -0.05) is 54.6 Å². The van der Waals surface area contributed by atoms with E-state index in [1.54, 1.807) is 42.5 Å². The lowest BCUT2D eigenvalue weighted by molar-refractivity contribution is -0.115. The van der Waals surface area contributed by atoms with Gasteiger partial charge in [0, 0.05) is 16.6 Å². The molecule has 1 aromatic heterocycles. The molecule has 156 valence electrons. The number of thiazole rings is 1. The fraction of sp³-hybridized carbons (Fsp3) is 0.0435. The number of hydrogen-bond donors (Lipinski definition) is 2. The zero-order chi connectivity index (χ0) is 21.7. The van der Waals surface area contributed by atoms with E-state index in [9.17, 15) is 13.2 Å². The molecule has 1 amide bonds. The molecule has 0 aliphatic rings. The molecule has 31 heavy (non-hydrogen) atoms. The summed E-state index contributed by atoms with van der Waals surface area (Å²) in [6.07, 6.45) is 0.128. The van der Waals surface area contributed by atoms with Gasteiger partial charge in [0.25, 0.3) is 10.0 Å². The third kappa shape index (κ3) is 5.36. The summed E-state index contributed by atoms with van der Waals surface area (Å²) in [7, 11) is -3.70. The normalized spacial score (nSPS) is 11.1. The highest BCUT2D eigenvalue weighted by molar-refractivity contribution is 7.92. The second-order valence-electron chi connectivity index (χ2n) is 6.73. The van der Waals surface area contributed by atoms with Crippen LogP contribution in [0.1, 0.15) is 5.69 Å². The summed E-state index contributed by atoms with van der Waals surface area (Å²) < 4.78 is 27.5. The lowest BCUT2D eigenvalue weighted by Crippen LogP contribution is -2.15. The summed E-state index contributed by atoms with van der Waals surface area (Å²) in [4.78, 5) is 17.2. The summed E-state index contributed by atoms with van der Waals surface area (Å²) >= 11 is 1.49. The SMILES string of the molecule is O=C(Cc1csc(-c2ccccc2)n1)Nc1cccc(NS(=O)(=O)c2ccccc2)c1. The van der Waals surface area contributed by atoms with E-state index in [1.807, 2.05) is 35.7 Å². The smallest absolute Gasteiger partial charge is 0.261 e. The molecular weight excluding hydrogens is 430 g/mol. The van der Waals surface area contributed by atoms with Crippen LogP contribution in [0.3, 0.4) is 0 Å². The van der Waals surface area contributed by atoms with Crippen LogP contribution in [0.4, 0.5) is 11.4 Å². The van der Waals surface area contributed by atoms with Gasteiger partial charge in [0.05, 0.1) is 22.7 Å². The number of benzene rings is 3. The maximum absolute atomic E-state index is 12.5. The minimum absolute atomic E-state index is 0.128. The predicted molar refractivity (Wildman–Crippen MR) is 124 cm³/mol. The molecule has 2 N–H and O–H groups in total. The number of nitrogens with zero attached hydrogens (tertiary/aromatic N) is 1. The summed E-state index contributed by atoms with van der Waals surface area (Å²) in [5.74, 6) is -0.229. The van der Waals surface area contributed by atoms with Crippen LogP contribution in [-0.4, -0.2) is 19.3 Å². The van der Waals surface area contributed by atoms with Gasteiger partial charge in [0.15, 0.2) is 0 Å². The van der Waals surface area contributed by atoms with Gasteiger partial charge in [0.2, 0.25) is 5.91 Å². The number of carbonyl (C=O) groups excluding carboxylic acids is 1. The van der Waals surface area contributed by atoms with Crippen LogP contribution < -0.4 is 10.0 Å². The standard InChI is InChI=1S/C23H19N3O3S2/c27-22(15-20-16-30-23(25-20)17-8-3-1-4-9-17)24-18-10-7-11-19(14-18)26-31(28,29)21-12-5-2-6-13-21/h1-14,16,26H,15H2,(H,24,27). The van der Waals surface area contributed by atoms with Crippen LogP contribution in [0.25, 0.3) is 10.6 Å². The summed E-state index contributed by atoms with van der Waals surface area (Å²) in [5.41, 5.74) is 2.55. The molecule has 0 bridgehead atoms. The Morgan fingerprint density at radius 3 is 2.29 bits per heavy atom. The van der Waals surface area contributed by atoms with E-state index in [2.05, 4.69) is 15.0 Å². The van der Waals surface area contributed by atoms with Crippen molar-refractivity contribution in [1.82, 2.24) is 4.98 Å². The van der Waals surface area contributed by atoms with Crippen LogP contribution in [0.5, 0.6) is 0 Å². The number of carbonyl (C=O) groups is 1. The quantitative estimate of drug-likeness (QED) is 0.425. The Morgan fingerprint density at radius 1 is 0.871 bits per heavy atom. The van der Waals surface area contributed by atoms with Crippen LogP contribution in [0.15, 0.2) is 95.2 Å². The van der Waals surface area contributed by atoms with Crippen LogP contribution >= 0.6 is 11.3 Å². The molecule has 8 heteroatoms. The molecule has 4 rings (SSSR count). The summed E-state index contributed by atoms with van der Waals surface area (Å²) in [6, 6.07) is 24.5. The Morgan fingerprint density at radius 2 is 1.55 bits per heavy atom. The molecule has 0 atom stereocenters. The lowest BCUT2D eigenvalue weighted by Gasteiger charge is -2.10. The molecule has 0 unspecified atom stereocenters. The van der Waals surface area contributed by atoms with Gasteiger partial charge in [-0.05, 0) is 30.3 Å². The molecule has 0 radical (unpaired) electrons. The zero-order valence-electron chi connectivity index (χ0n) is 16.4. The Kier molecular flexibility index (Phi) is 6.11. The highest BCUT2D eigenvalue weighted by Gasteiger charge is 2.14. The lowest BCUT2D eigenvalue weighted by atomic mass is 10.2. The number of aromatic nitrogens is 1. The van der Waals surface area contributed by atoms with Gasteiger partial charge in [-0.15, -0.1) is 11.3 Å². The monoisotopic (exact) mass is 449 g/mol. The van der Waals surface area contributed by atoms with Crippen molar-refractivity contribution in [2.45, 2.75) is 11.3 Å². The van der Waals surface area contributed by atoms with Crippen molar-refractivity contribution in [3.8, 4) is 10.6 Å². The Bertz CT molecular complexity index is 1290. The number of nitrogens with one attached hydrogen (secondary N) is 2. The second kappa shape index (κ2) is 9.11. The van der Waals surface area contributed by atoms with Crippen LogP contribution in [0, 0.1) is 0 Å². The van der Waals surface area contributed by atoms with E-state index in [1.165, 1.54) is 23.5 Å². The maximum atomic E-state index is 12.5. The number of anilines is 2. The van der Waals surface area contributed by atoms with Gasteiger partial charge in [-0.2, -0.15) is 0 Å². The molecule has 0 fully saturated rings.